The van der Waals surface area contributed by atoms with Gasteiger partial charge in [-0.1, -0.05) is 40.0 Å². The third-order valence-corrected chi connectivity index (χ3v) is 2.83. The molecule has 20 heavy (non-hydrogen) atoms. The third kappa shape index (κ3) is 9.59. The number of hydrogen-bond acceptors (Lipinski definition) is 4. The molecule has 4 nitrogen and oxygen atoms in total. The van der Waals surface area contributed by atoms with Crippen LogP contribution < -0.4 is 0 Å². The minimum atomic E-state index is -0.447. The zero-order chi connectivity index (χ0) is 15.2. The van der Waals surface area contributed by atoms with Gasteiger partial charge in [0, 0.05) is 11.6 Å². The van der Waals surface area contributed by atoms with Gasteiger partial charge < -0.3 is 9.47 Å². The molecule has 0 rings (SSSR count). The van der Waals surface area contributed by atoms with Crippen LogP contribution in [0.25, 0.3) is 0 Å². The summed E-state index contributed by atoms with van der Waals surface area (Å²) >= 11 is 0. The molecule has 0 amide bonds. The average molecular weight is 284 g/mol. The Balaban J connectivity index is 4.43. The molecule has 0 bridgehead atoms. The number of unbranched alkanes of at least 4 members (excludes halogenated alkanes) is 3. The molecular formula is C16H28O4. The molecule has 0 aliphatic rings. The molecule has 0 unspecified atom stereocenters. The topological polar surface area (TPSA) is 52.6 Å². The van der Waals surface area contributed by atoms with Gasteiger partial charge in [0.2, 0.25) is 0 Å². The van der Waals surface area contributed by atoms with E-state index in [1.807, 2.05) is 20.8 Å². The Bertz CT molecular complexity index is 308. The lowest BCUT2D eigenvalue weighted by atomic mass is 10.1. The summed E-state index contributed by atoms with van der Waals surface area (Å²) in [5, 5.41) is 0. The van der Waals surface area contributed by atoms with Gasteiger partial charge >= 0.3 is 11.9 Å². The molecule has 0 saturated heterocycles. The highest BCUT2D eigenvalue weighted by atomic mass is 16.5. The summed E-state index contributed by atoms with van der Waals surface area (Å²) in [6.07, 6.45) is 7.29. The van der Waals surface area contributed by atoms with Crippen molar-refractivity contribution in [3.63, 3.8) is 0 Å². The third-order valence-electron chi connectivity index (χ3n) is 2.83. The van der Waals surface area contributed by atoms with Gasteiger partial charge in [-0.05, 0) is 25.7 Å². The first kappa shape index (κ1) is 18.7. The molecule has 116 valence electrons. The van der Waals surface area contributed by atoms with Crippen LogP contribution in [0.1, 0.15) is 65.7 Å². The Labute approximate surface area is 122 Å². The smallest absolute Gasteiger partial charge is 0.334 e. The van der Waals surface area contributed by atoms with E-state index in [4.69, 9.17) is 9.47 Å². The maximum atomic E-state index is 11.9. The van der Waals surface area contributed by atoms with Gasteiger partial charge in [0.05, 0.1) is 13.2 Å². The predicted molar refractivity (Wildman–Crippen MR) is 79.3 cm³/mol. The molecule has 0 aliphatic carbocycles. The molecule has 0 radical (unpaired) electrons. The molecule has 0 heterocycles. The molecule has 0 aromatic heterocycles. The van der Waals surface area contributed by atoms with Gasteiger partial charge in [0.15, 0.2) is 0 Å². The Hall–Kier alpha value is -1.32. The quantitative estimate of drug-likeness (QED) is 0.329. The summed E-state index contributed by atoms with van der Waals surface area (Å²) in [4.78, 5) is 23.5. The zero-order valence-corrected chi connectivity index (χ0v) is 13.1. The molecule has 4 heteroatoms. The van der Waals surface area contributed by atoms with Crippen molar-refractivity contribution in [3.8, 4) is 0 Å². The molecule has 0 fully saturated rings. The lowest BCUT2D eigenvalue weighted by Crippen LogP contribution is -2.12. The van der Waals surface area contributed by atoms with E-state index in [2.05, 4.69) is 0 Å². The molecule has 0 aliphatic heterocycles. The van der Waals surface area contributed by atoms with E-state index < -0.39 is 5.97 Å². The summed E-state index contributed by atoms with van der Waals surface area (Å²) in [6.45, 7) is 6.91. The van der Waals surface area contributed by atoms with Crippen LogP contribution in [-0.2, 0) is 19.1 Å². The van der Waals surface area contributed by atoms with Gasteiger partial charge in [0.25, 0.3) is 0 Å². The Kier molecular flexibility index (Phi) is 11.9. The van der Waals surface area contributed by atoms with Crippen molar-refractivity contribution in [3.05, 3.63) is 11.6 Å². The van der Waals surface area contributed by atoms with E-state index in [-0.39, 0.29) is 5.97 Å². The van der Waals surface area contributed by atoms with Crippen molar-refractivity contribution in [2.75, 3.05) is 13.2 Å². The Morgan fingerprint density at radius 1 is 0.850 bits per heavy atom. The van der Waals surface area contributed by atoms with Crippen LogP contribution in [0.15, 0.2) is 11.6 Å². The second kappa shape index (κ2) is 12.7. The van der Waals surface area contributed by atoms with Crippen LogP contribution in [-0.4, -0.2) is 25.2 Å². The van der Waals surface area contributed by atoms with Gasteiger partial charge in [-0.2, -0.15) is 0 Å². The monoisotopic (exact) mass is 284 g/mol. The van der Waals surface area contributed by atoms with E-state index in [1.165, 1.54) is 6.08 Å². The number of carbonyl (C=O) groups excluding carboxylic acids is 2. The molecule has 0 atom stereocenters. The molecule has 0 aromatic rings. The number of hydrogen-bond donors (Lipinski definition) is 0. The Morgan fingerprint density at radius 2 is 1.40 bits per heavy atom. The highest BCUT2D eigenvalue weighted by Gasteiger charge is 2.13. The van der Waals surface area contributed by atoms with E-state index in [1.54, 1.807) is 0 Å². The maximum absolute atomic E-state index is 11.9. The largest absolute Gasteiger partial charge is 0.463 e. The summed E-state index contributed by atoms with van der Waals surface area (Å²) < 4.78 is 10.2. The van der Waals surface area contributed by atoms with E-state index in [9.17, 15) is 9.59 Å². The van der Waals surface area contributed by atoms with Gasteiger partial charge in [-0.15, -0.1) is 0 Å². The first-order chi connectivity index (χ1) is 9.65. The number of ether oxygens (including phenoxy) is 2. The van der Waals surface area contributed by atoms with Crippen LogP contribution >= 0.6 is 0 Å². The van der Waals surface area contributed by atoms with Crippen LogP contribution in [0.3, 0.4) is 0 Å². The standard InChI is InChI=1S/C16H28O4/c1-4-7-10-14(16(18)20-12-9-6-3)13-15(17)19-11-8-5-2/h13H,4-12H2,1-3H3. The van der Waals surface area contributed by atoms with E-state index in [0.29, 0.717) is 25.2 Å². The second-order valence-corrected chi connectivity index (χ2v) is 4.78. The number of carbonyl (C=O) groups is 2. The van der Waals surface area contributed by atoms with Crippen molar-refractivity contribution in [1.82, 2.24) is 0 Å². The van der Waals surface area contributed by atoms with Gasteiger partial charge in [0.1, 0.15) is 0 Å². The van der Waals surface area contributed by atoms with E-state index in [0.717, 1.165) is 38.5 Å². The van der Waals surface area contributed by atoms with Gasteiger partial charge in [-0.3, -0.25) is 0 Å². The lowest BCUT2D eigenvalue weighted by molar-refractivity contribution is -0.141. The minimum absolute atomic E-state index is 0.389. The second-order valence-electron chi connectivity index (χ2n) is 4.78. The summed E-state index contributed by atoms with van der Waals surface area (Å²) in [5.41, 5.74) is 0.421. The fraction of sp³-hybridized carbons (Fsp3) is 0.750. The SMILES string of the molecule is CCCCOC(=O)C=C(CCCC)C(=O)OCCCC. The molecular weight excluding hydrogens is 256 g/mol. The summed E-state index contributed by atoms with van der Waals surface area (Å²) in [5.74, 6) is -0.837. The van der Waals surface area contributed by atoms with Crippen LogP contribution in [0.5, 0.6) is 0 Å². The van der Waals surface area contributed by atoms with E-state index >= 15 is 0 Å². The fourth-order valence-corrected chi connectivity index (χ4v) is 1.50. The fourth-order valence-electron chi connectivity index (χ4n) is 1.50. The molecule has 0 saturated carbocycles. The van der Waals surface area contributed by atoms with Crippen LogP contribution in [0.4, 0.5) is 0 Å². The normalized spacial score (nSPS) is 11.2. The zero-order valence-electron chi connectivity index (χ0n) is 13.1. The van der Waals surface area contributed by atoms with Crippen molar-refractivity contribution in [2.45, 2.75) is 65.7 Å². The van der Waals surface area contributed by atoms with Crippen LogP contribution in [0.2, 0.25) is 0 Å². The highest BCUT2D eigenvalue weighted by molar-refractivity contribution is 5.96. The first-order valence-corrected chi connectivity index (χ1v) is 7.70. The Morgan fingerprint density at radius 3 is 1.95 bits per heavy atom. The lowest BCUT2D eigenvalue weighted by Gasteiger charge is -2.08. The van der Waals surface area contributed by atoms with Crippen molar-refractivity contribution in [2.24, 2.45) is 0 Å². The average Bonchev–Trinajstić information content (AvgIpc) is 2.43. The molecule has 0 aromatic carbocycles. The first-order valence-electron chi connectivity index (χ1n) is 7.70. The summed E-state index contributed by atoms with van der Waals surface area (Å²) in [7, 11) is 0. The van der Waals surface area contributed by atoms with Crippen LogP contribution in [0, 0.1) is 0 Å². The maximum Gasteiger partial charge on any atom is 0.334 e. The molecule has 0 spiro atoms. The van der Waals surface area contributed by atoms with Crippen molar-refractivity contribution in [1.29, 1.82) is 0 Å². The minimum Gasteiger partial charge on any atom is -0.463 e. The highest BCUT2D eigenvalue weighted by Crippen LogP contribution is 2.10. The summed E-state index contributed by atoms with van der Waals surface area (Å²) in [6, 6.07) is 0. The number of rotatable bonds is 11. The molecule has 0 N–H and O–H groups in total. The van der Waals surface area contributed by atoms with Gasteiger partial charge in [-0.25, -0.2) is 9.59 Å². The predicted octanol–water partition coefficient (Wildman–Crippen LogP) is 3.79. The van der Waals surface area contributed by atoms with Crippen molar-refractivity contribution >= 4 is 11.9 Å². The van der Waals surface area contributed by atoms with Crippen molar-refractivity contribution < 1.29 is 19.1 Å². The number of esters is 2.